The predicted octanol–water partition coefficient (Wildman–Crippen LogP) is 3.48. The first kappa shape index (κ1) is 19.6. The molecule has 1 saturated heterocycles. The van der Waals surface area contributed by atoms with Crippen molar-refractivity contribution in [2.24, 2.45) is 0 Å². The van der Waals surface area contributed by atoms with E-state index in [4.69, 9.17) is 9.47 Å². The van der Waals surface area contributed by atoms with E-state index in [2.05, 4.69) is 5.32 Å². The highest BCUT2D eigenvalue weighted by atomic mass is 16.5. The van der Waals surface area contributed by atoms with Crippen LogP contribution in [0.5, 0.6) is 5.75 Å². The van der Waals surface area contributed by atoms with Crippen LogP contribution in [0, 0.1) is 18.3 Å². The van der Waals surface area contributed by atoms with Gasteiger partial charge in [-0.3, -0.25) is 9.59 Å². The predicted molar refractivity (Wildman–Crippen MR) is 104 cm³/mol. The van der Waals surface area contributed by atoms with E-state index in [0.29, 0.717) is 31.7 Å². The standard InChI is InChI=1S/C22H22N2O4/c1-15-4-3-5-18(12-15)22(8-10-27-11-9-22)21(26)24-19-6-7-20(28-16(2)25)17(13-19)14-23/h3-7,12-13H,8-11H2,1-2H3,(H,24,26). The first-order valence-electron chi connectivity index (χ1n) is 9.13. The molecule has 0 bridgehead atoms. The maximum atomic E-state index is 13.3. The van der Waals surface area contributed by atoms with Crippen molar-refractivity contribution in [2.45, 2.75) is 32.1 Å². The summed E-state index contributed by atoms with van der Waals surface area (Å²) in [5.41, 5.74) is 2.03. The lowest BCUT2D eigenvalue weighted by atomic mass is 9.73. The van der Waals surface area contributed by atoms with Crippen molar-refractivity contribution in [3.05, 3.63) is 59.2 Å². The van der Waals surface area contributed by atoms with Gasteiger partial charge in [0.25, 0.3) is 0 Å². The Hall–Kier alpha value is -3.17. The number of ether oxygens (including phenoxy) is 2. The van der Waals surface area contributed by atoms with Gasteiger partial charge < -0.3 is 14.8 Å². The van der Waals surface area contributed by atoms with Crippen molar-refractivity contribution >= 4 is 17.6 Å². The van der Waals surface area contributed by atoms with Crippen LogP contribution >= 0.6 is 0 Å². The molecule has 1 aliphatic rings. The summed E-state index contributed by atoms with van der Waals surface area (Å²) in [7, 11) is 0. The first-order chi connectivity index (χ1) is 13.4. The van der Waals surface area contributed by atoms with Gasteiger partial charge in [0.1, 0.15) is 11.8 Å². The number of nitrogens with one attached hydrogen (secondary N) is 1. The SMILES string of the molecule is CC(=O)Oc1ccc(NC(=O)C2(c3cccc(C)c3)CCOCC2)cc1C#N. The second-order valence-corrected chi connectivity index (χ2v) is 6.93. The number of aryl methyl sites for hydroxylation is 1. The number of anilines is 1. The molecule has 1 aliphatic heterocycles. The average molecular weight is 378 g/mol. The van der Waals surface area contributed by atoms with Gasteiger partial charge in [0, 0.05) is 25.8 Å². The Morgan fingerprint density at radius 2 is 1.93 bits per heavy atom. The molecule has 1 fully saturated rings. The van der Waals surface area contributed by atoms with Crippen molar-refractivity contribution in [3.63, 3.8) is 0 Å². The first-order valence-corrected chi connectivity index (χ1v) is 9.13. The highest BCUT2D eigenvalue weighted by Crippen LogP contribution is 2.37. The molecule has 0 saturated carbocycles. The van der Waals surface area contributed by atoms with Crippen molar-refractivity contribution in [1.29, 1.82) is 5.26 Å². The largest absolute Gasteiger partial charge is 0.425 e. The molecule has 0 atom stereocenters. The summed E-state index contributed by atoms with van der Waals surface area (Å²) in [4.78, 5) is 24.5. The molecule has 144 valence electrons. The molecule has 0 aromatic heterocycles. The minimum Gasteiger partial charge on any atom is -0.425 e. The van der Waals surface area contributed by atoms with Crippen molar-refractivity contribution < 1.29 is 19.1 Å². The molecule has 1 amide bonds. The normalized spacial score (nSPS) is 15.3. The second-order valence-electron chi connectivity index (χ2n) is 6.93. The summed E-state index contributed by atoms with van der Waals surface area (Å²) in [6.07, 6.45) is 1.16. The number of rotatable bonds is 4. The Balaban J connectivity index is 1.91. The average Bonchev–Trinajstić information content (AvgIpc) is 2.69. The summed E-state index contributed by atoms with van der Waals surface area (Å²) >= 11 is 0. The number of nitriles is 1. The molecule has 1 heterocycles. The zero-order valence-corrected chi connectivity index (χ0v) is 16.0. The van der Waals surface area contributed by atoms with Crippen LogP contribution in [-0.2, 0) is 19.7 Å². The maximum absolute atomic E-state index is 13.3. The highest BCUT2D eigenvalue weighted by Gasteiger charge is 2.41. The van der Waals surface area contributed by atoms with Crippen LogP contribution in [0.3, 0.4) is 0 Å². The van der Waals surface area contributed by atoms with Gasteiger partial charge in [0.2, 0.25) is 5.91 Å². The molecule has 3 rings (SSSR count). The Kier molecular flexibility index (Phi) is 5.76. The quantitative estimate of drug-likeness (QED) is 0.650. The minimum absolute atomic E-state index is 0.134. The number of esters is 1. The molecule has 2 aromatic carbocycles. The summed E-state index contributed by atoms with van der Waals surface area (Å²) in [5, 5.41) is 12.3. The number of nitrogens with zero attached hydrogens (tertiary/aromatic N) is 1. The van der Waals surface area contributed by atoms with E-state index in [1.165, 1.54) is 19.1 Å². The molecule has 6 heteroatoms. The van der Waals surface area contributed by atoms with Crippen LogP contribution in [-0.4, -0.2) is 25.1 Å². The van der Waals surface area contributed by atoms with Gasteiger partial charge in [-0.1, -0.05) is 29.8 Å². The minimum atomic E-state index is -0.689. The Morgan fingerprint density at radius 1 is 1.18 bits per heavy atom. The van der Waals surface area contributed by atoms with Gasteiger partial charge in [-0.25, -0.2) is 0 Å². The van der Waals surface area contributed by atoms with E-state index in [9.17, 15) is 14.9 Å². The van der Waals surface area contributed by atoms with E-state index in [0.717, 1.165) is 11.1 Å². The highest BCUT2D eigenvalue weighted by molar-refractivity contribution is 5.99. The molecule has 0 radical (unpaired) electrons. The van der Waals surface area contributed by atoms with Crippen LogP contribution in [0.15, 0.2) is 42.5 Å². The summed E-state index contributed by atoms with van der Waals surface area (Å²) in [6, 6.07) is 14.6. The van der Waals surface area contributed by atoms with Crippen LogP contribution in [0.4, 0.5) is 5.69 Å². The summed E-state index contributed by atoms with van der Waals surface area (Å²) < 4.78 is 10.5. The van der Waals surface area contributed by atoms with Gasteiger partial charge in [-0.05, 0) is 43.5 Å². The summed E-state index contributed by atoms with van der Waals surface area (Å²) in [6.45, 7) is 4.29. The van der Waals surface area contributed by atoms with Crippen molar-refractivity contribution in [2.75, 3.05) is 18.5 Å². The molecule has 0 aliphatic carbocycles. The number of benzene rings is 2. The Labute approximate surface area is 164 Å². The van der Waals surface area contributed by atoms with Crippen molar-refractivity contribution in [3.8, 4) is 11.8 Å². The Bertz CT molecular complexity index is 940. The zero-order valence-electron chi connectivity index (χ0n) is 16.0. The van der Waals surface area contributed by atoms with Gasteiger partial charge in [-0.15, -0.1) is 0 Å². The third kappa shape index (κ3) is 4.05. The van der Waals surface area contributed by atoms with E-state index < -0.39 is 11.4 Å². The third-order valence-electron chi connectivity index (χ3n) is 4.96. The number of amides is 1. The van der Waals surface area contributed by atoms with E-state index in [1.54, 1.807) is 6.07 Å². The van der Waals surface area contributed by atoms with E-state index in [-0.39, 0.29) is 17.2 Å². The topological polar surface area (TPSA) is 88.4 Å². The van der Waals surface area contributed by atoms with Crippen LogP contribution < -0.4 is 10.1 Å². The van der Waals surface area contributed by atoms with Gasteiger partial charge in [0.05, 0.1) is 11.0 Å². The van der Waals surface area contributed by atoms with Crippen LogP contribution in [0.1, 0.15) is 36.5 Å². The molecule has 0 unspecified atom stereocenters. The fourth-order valence-electron chi connectivity index (χ4n) is 3.50. The lowest BCUT2D eigenvalue weighted by Crippen LogP contribution is -2.44. The Morgan fingerprint density at radius 3 is 2.57 bits per heavy atom. The number of hydrogen-bond acceptors (Lipinski definition) is 5. The van der Waals surface area contributed by atoms with Gasteiger partial charge in [-0.2, -0.15) is 5.26 Å². The fraction of sp³-hybridized carbons (Fsp3) is 0.318. The molecular formula is C22H22N2O4. The molecule has 1 N–H and O–H groups in total. The number of hydrogen-bond donors (Lipinski definition) is 1. The number of carbonyl (C=O) groups excluding carboxylic acids is 2. The smallest absolute Gasteiger partial charge is 0.308 e. The third-order valence-corrected chi connectivity index (χ3v) is 4.96. The van der Waals surface area contributed by atoms with Crippen LogP contribution in [0.25, 0.3) is 0 Å². The lowest BCUT2D eigenvalue weighted by molar-refractivity contribution is -0.132. The second kappa shape index (κ2) is 8.24. The van der Waals surface area contributed by atoms with E-state index >= 15 is 0 Å². The molecule has 2 aromatic rings. The fourth-order valence-corrected chi connectivity index (χ4v) is 3.50. The molecule has 28 heavy (non-hydrogen) atoms. The number of carbonyl (C=O) groups is 2. The molecule has 6 nitrogen and oxygen atoms in total. The van der Waals surface area contributed by atoms with Gasteiger partial charge in [0.15, 0.2) is 0 Å². The molecule has 0 spiro atoms. The lowest BCUT2D eigenvalue weighted by Gasteiger charge is -2.36. The maximum Gasteiger partial charge on any atom is 0.308 e. The van der Waals surface area contributed by atoms with Crippen LogP contribution in [0.2, 0.25) is 0 Å². The molecular weight excluding hydrogens is 356 g/mol. The zero-order chi connectivity index (χ0) is 20.1. The summed E-state index contributed by atoms with van der Waals surface area (Å²) in [5.74, 6) is -0.466. The van der Waals surface area contributed by atoms with Crippen molar-refractivity contribution in [1.82, 2.24) is 0 Å². The monoisotopic (exact) mass is 378 g/mol. The van der Waals surface area contributed by atoms with E-state index in [1.807, 2.05) is 37.3 Å². The van der Waals surface area contributed by atoms with Gasteiger partial charge >= 0.3 is 5.97 Å².